The van der Waals surface area contributed by atoms with E-state index in [0.29, 0.717) is 6.54 Å². The van der Waals surface area contributed by atoms with Crippen molar-refractivity contribution in [2.45, 2.75) is 20.4 Å². The van der Waals surface area contributed by atoms with E-state index >= 15 is 0 Å². The smallest absolute Gasteiger partial charge is 0.191 e. The molecule has 1 heterocycles. The van der Waals surface area contributed by atoms with Crippen LogP contribution in [-0.2, 0) is 6.54 Å². The minimum Gasteiger partial charge on any atom is -0.357 e. The third kappa shape index (κ3) is 3.74. The van der Waals surface area contributed by atoms with Crippen molar-refractivity contribution in [2.24, 2.45) is 4.99 Å². The summed E-state index contributed by atoms with van der Waals surface area (Å²) in [5, 5.41) is 9.33. The molecule has 0 amide bonds. The Bertz CT molecular complexity index is 260. The minimum absolute atomic E-state index is 0.646. The summed E-state index contributed by atoms with van der Waals surface area (Å²) in [5.41, 5.74) is 0. The Hall–Kier alpha value is -1.10. The van der Waals surface area contributed by atoms with Gasteiger partial charge in [-0.25, -0.2) is 9.98 Å². The topological polar surface area (TPSA) is 49.3 Å². The molecule has 2 N–H and O–H groups in total. The number of aromatic nitrogens is 1. The van der Waals surface area contributed by atoms with Crippen LogP contribution in [0.25, 0.3) is 0 Å². The van der Waals surface area contributed by atoms with Gasteiger partial charge in [-0.05, 0) is 13.8 Å². The van der Waals surface area contributed by atoms with Gasteiger partial charge < -0.3 is 10.6 Å². The minimum atomic E-state index is 0.646. The van der Waals surface area contributed by atoms with Crippen LogP contribution in [0.3, 0.4) is 0 Å². The Kier molecular flexibility index (Phi) is 4.99. The summed E-state index contributed by atoms with van der Waals surface area (Å²) < 4.78 is 0. The molecular formula is C9H16N4S. The number of aliphatic imine (C=N–C) groups is 1. The maximum absolute atomic E-state index is 4.39. The predicted octanol–water partition coefficient (Wildman–Crippen LogP) is 1.22. The van der Waals surface area contributed by atoms with Crippen LogP contribution in [0.4, 0.5) is 0 Å². The van der Waals surface area contributed by atoms with Crippen LogP contribution in [0.15, 0.2) is 16.6 Å². The maximum atomic E-state index is 4.39. The summed E-state index contributed by atoms with van der Waals surface area (Å²) in [5.74, 6) is 0.852. The van der Waals surface area contributed by atoms with Crippen molar-refractivity contribution in [2.75, 3.05) is 13.1 Å². The first-order chi connectivity index (χ1) is 6.86. The molecular weight excluding hydrogens is 196 g/mol. The number of nitrogens with zero attached hydrogens (tertiary/aromatic N) is 2. The zero-order valence-electron chi connectivity index (χ0n) is 8.58. The zero-order valence-corrected chi connectivity index (χ0v) is 9.40. The van der Waals surface area contributed by atoms with Gasteiger partial charge in [0.05, 0.1) is 6.54 Å². The van der Waals surface area contributed by atoms with E-state index < -0.39 is 0 Å². The van der Waals surface area contributed by atoms with Crippen molar-refractivity contribution in [3.05, 3.63) is 16.6 Å². The summed E-state index contributed by atoms with van der Waals surface area (Å²) in [6, 6.07) is 0. The first-order valence-electron chi connectivity index (χ1n) is 4.77. The van der Waals surface area contributed by atoms with Crippen molar-refractivity contribution in [3.63, 3.8) is 0 Å². The highest BCUT2D eigenvalue weighted by atomic mass is 32.1. The number of rotatable bonds is 4. The van der Waals surface area contributed by atoms with Gasteiger partial charge in [-0.15, -0.1) is 11.3 Å². The van der Waals surface area contributed by atoms with E-state index in [2.05, 4.69) is 34.5 Å². The van der Waals surface area contributed by atoms with Gasteiger partial charge >= 0.3 is 0 Å². The molecule has 0 bridgehead atoms. The molecule has 0 radical (unpaired) electrons. The lowest BCUT2D eigenvalue weighted by Crippen LogP contribution is -2.36. The molecule has 0 aliphatic rings. The molecule has 0 aliphatic heterocycles. The van der Waals surface area contributed by atoms with Crippen molar-refractivity contribution >= 4 is 17.3 Å². The first-order valence-corrected chi connectivity index (χ1v) is 5.65. The Morgan fingerprint density at radius 3 is 2.64 bits per heavy atom. The highest BCUT2D eigenvalue weighted by molar-refractivity contribution is 7.09. The zero-order chi connectivity index (χ0) is 10.2. The maximum Gasteiger partial charge on any atom is 0.191 e. The van der Waals surface area contributed by atoms with E-state index in [1.807, 2.05) is 5.38 Å². The second-order valence-electron chi connectivity index (χ2n) is 2.65. The number of hydrogen-bond donors (Lipinski definition) is 2. The molecule has 1 rings (SSSR count). The van der Waals surface area contributed by atoms with Crippen molar-refractivity contribution in [3.8, 4) is 0 Å². The lowest BCUT2D eigenvalue weighted by atomic mass is 10.6. The van der Waals surface area contributed by atoms with E-state index in [1.165, 1.54) is 0 Å². The van der Waals surface area contributed by atoms with E-state index in [1.54, 1.807) is 17.5 Å². The van der Waals surface area contributed by atoms with Crippen LogP contribution in [0.1, 0.15) is 18.9 Å². The largest absolute Gasteiger partial charge is 0.357 e. The van der Waals surface area contributed by atoms with Crippen molar-refractivity contribution < 1.29 is 0 Å². The fourth-order valence-electron chi connectivity index (χ4n) is 0.987. The highest BCUT2D eigenvalue weighted by Crippen LogP contribution is 2.04. The first kappa shape index (κ1) is 11.0. The highest BCUT2D eigenvalue weighted by Gasteiger charge is 1.96. The van der Waals surface area contributed by atoms with Gasteiger partial charge in [0.15, 0.2) is 5.96 Å². The second kappa shape index (κ2) is 6.37. The Balaban J connectivity index is 2.45. The quantitative estimate of drug-likeness (QED) is 0.583. The molecule has 5 heteroatoms. The van der Waals surface area contributed by atoms with Crippen LogP contribution in [0.2, 0.25) is 0 Å². The summed E-state index contributed by atoms with van der Waals surface area (Å²) in [6.45, 7) is 6.51. The van der Waals surface area contributed by atoms with Gasteiger partial charge in [0.1, 0.15) is 5.01 Å². The average Bonchev–Trinajstić information content (AvgIpc) is 2.67. The summed E-state index contributed by atoms with van der Waals surface area (Å²) >= 11 is 1.63. The molecule has 4 nitrogen and oxygen atoms in total. The Morgan fingerprint density at radius 1 is 1.43 bits per heavy atom. The molecule has 0 saturated carbocycles. The third-order valence-electron chi connectivity index (χ3n) is 1.54. The van der Waals surface area contributed by atoms with Gasteiger partial charge in [-0.2, -0.15) is 0 Å². The van der Waals surface area contributed by atoms with Crippen LogP contribution >= 0.6 is 11.3 Å². The standard InChI is InChI=1S/C9H16N4S/c1-3-10-9(11-4-2)13-7-8-12-5-6-14-8/h5-6H,3-4,7H2,1-2H3,(H2,10,11,13). The number of thiazole rings is 1. The molecule has 0 aliphatic carbocycles. The third-order valence-corrected chi connectivity index (χ3v) is 2.31. The van der Waals surface area contributed by atoms with Gasteiger partial charge in [0.25, 0.3) is 0 Å². The predicted molar refractivity (Wildman–Crippen MR) is 60.6 cm³/mol. The fourth-order valence-corrected chi connectivity index (χ4v) is 1.53. The van der Waals surface area contributed by atoms with Crippen molar-refractivity contribution in [1.29, 1.82) is 0 Å². The summed E-state index contributed by atoms with van der Waals surface area (Å²) in [7, 11) is 0. The number of hydrogen-bond acceptors (Lipinski definition) is 3. The van der Waals surface area contributed by atoms with Crippen LogP contribution < -0.4 is 10.6 Å². The Morgan fingerprint density at radius 2 is 2.14 bits per heavy atom. The number of nitrogens with one attached hydrogen (secondary N) is 2. The van der Waals surface area contributed by atoms with Gasteiger partial charge in [0.2, 0.25) is 0 Å². The summed E-state index contributed by atoms with van der Waals surface area (Å²) in [4.78, 5) is 8.55. The fraction of sp³-hybridized carbons (Fsp3) is 0.556. The molecule has 0 atom stereocenters. The molecule has 0 fully saturated rings. The Labute approximate surface area is 88.5 Å². The summed E-state index contributed by atoms with van der Waals surface area (Å²) in [6.07, 6.45) is 1.80. The monoisotopic (exact) mass is 212 g/mol. The van der Waals surface area contributed by atoms with E-state index in [4.69, 9.17) is 0 Å². The van der Waals surface area contributed by atoms with Gasteiger partial charge in [-0.3, -0.25) is 0 Å². The lowest BCUT2D eigenvalue weighted by Gasteiger charge is -2.08. The molecule has 1 aromatic heterocycles. The molecule has 0 saturated heterocycles. The SMILES string of the molecule is CCNC(=NCc1nccs1)NCC. The lowest BCUT2D eigenvalue weighted by molar-refractivity contribution is 0.838. The molecule has 14 heavy (non-hydrogen) atoms. The van der Waals surface area contributed by atoms with Crippen LogP contribution in [0.5, 0.6) is 0 Å². The normalized spacial score (nSPS) is 9.57. The molecule has 0 spiro atoms. The average molecular weight is 212 g/mol. The molecule has 1 aromatic rings. The van der Waals surface area contributed by atoms with Crippen LogP contribution in [-0.4, -0.2) is 24.0 Å². The van der Waals surface area contributed by atoms with Gasteiger partial charge in [-0.1, -0.05) is 0 Å². The number of guanidine groups is 1. The van der Waals surface area contributed by atoms with E-state index in [9.17, 15) is 0 Å². The second-order valence-corrected chi connectivity index (χ2v) is 3.63. The van der Waals surface area contributed by atoms with Crippen molar-refractivity contribution in [1.82, 2.24) is 15.6 Å². The molecule has 0 aromatic carbocycles. The van der Waals surface area contributed by atoms with Crippen LogP contribution in [0, 0.1) is 0 Å². The molecule has 78 valence electrons. The van der Waals surface area contributed by atoms with Gasteiger partial charge in [0, 0.05) is 24.7 Å². The van der Waals surface area contributed by atoms with E-state index in [0.717, 1.165) is 24.1 Å². The molecule has 0 unspecified atom stereocenters. The van der Waals surface area contributed by atoms with E-state index in [-0.39, 0.29) is 0 Å².